The van der Waals surface area contributed by atoms with E-state index in [1.165, 1.54) is 0 Å². The van der Waals surface area contributed by atoms with E-state index in [1.807, 2.05) is 0 Å². The Hall–Kier alpha value is -2.15. The first kappa shape index (κ1) is 24.1. The van der Waals surface area contributed by atoms with Crippen molar-refractivity contribution in [2.45, 2.75) is 75.8 Å². The average molecular weight is 421 g/mol. The molecule has 1 saturated carbocycles. The summed E-state index contributed by atoms with van der Waals surface area (Å²) in [4.78, 5) is 39.4. The van der Waals surface area contributed by atoms with Crippen molar-refractivity contribution in [3.05, 3.63) is 25.3 Å². The zero-order chi connectivity index (χ0) is 22.0. The third-order valence-corrected chi connectivity index (χ3v) is 6.16. The van der Waals surface area contributed by atoms with Gasteiger partial charge in [0.15, 0.2) is 0 Å². The Labute approximate surface area is 179 Å². The van der Waals surface area contributed by atoms with Crippen molar-refractivity contribution in [2.24, 2.45) is 5.92 Å². The zero-order valence-electron chi connectivity index (χ0n) is 17.9. The highest BCUT2D eigenvalue weighted by Gasteiger charge is 2.39. The van der Waals surface area contributed by atoms with Crippen LogP contribution in [0, 0.1) is 5.92 Å². The van der Waals surface area contributed by atoms with Gasteiger partial charge in [-0.3, -0.25) is 14.4 Å². The number of likely N-dealkylation sites (tertiary alicyclic amines) is 1. The second-order valence-electron chi connectivity index (χ2n) is 8.46. The summed E-state index contributed by atoms with van der Waals surface area (Å²) in [5, 5.41) is 12.6. The summed E-state index contributed by atoms with van der Waals surface area (Å²) >= 11 is 0. The number of carbonyl (C=O) groups excluding carboxylic acids is 3. The van der Waals surface area contributed by atoms with E-state index in [2.05, 4.69) is 18.5 Å². The number of aliphatic hydroxyl groups excluding tert-OH is 1. The Morgan fingerprint density at radius 3 is 2.57 bits per heavy atom. The summed E-state index contributed by atoms with van der Waals surface area (Å²) in [5.74, 6) is -1.13. The van der Waals surface area contributed by atoms with Gasteiger partial charge in [-0.15, -0.1) is 13.2 Å². The molecule has 1 aliphatic heterocycles. The van der Waals surface area contributed by atoms with Gasteiger partial charge >= 0.3 is 5.97 Å². The van der Waals surface area contributed by atoms with Gasteiger partial charge in [-0.05, 0) is 38.5 Å². The van der Waals surface area contributed by atoms with Crippen molar-refractivity contribution in [1.29, 1.82) is 0 Å². The van der Waals surface area contributed by atoms with Crippen LogP contribution < -0.4 is 5.32 Å². The number of allylic oxidation sites excluding steroid dienone is 2. The number of rotatable bonds is 12. The monoisotopic (exact) mass is 420 g/mol. The first-order valence-corrected chi connectivity index (χ1v) is 11.0. The van der Waals surface area contributed by atoms with Crippen molar-refractivity contribution in [1.82, 2.24) is 10.2 Å². The van der Waals surface area contributed by atoms with Crippen molar-refractivity contribution < 1.29 is 24.2 Å². The minimum Gasteiger partial charge on any atom is -0.463 e. The van der Waals surface area contributed by atoms with Crippen LogP contribution in [0.3, 0.4) is 0 Å². The summed E-state index contributed by atoms with van der Waals surface area (Å²) in [6.45, 7) is 8.06. The minimum atomic E-state index is -0.565. The minimum absolute atomic E-state index is 0.0512. The molecule has 0 bridgehead atoms. The standard InChI is InChI=1S/C23H36N2O5/c1-3-5-11-21(28)30-17-23(12-6-7-13-23)24-22(29)18(9-4-2)15-20(27)25-14-8-10-19(25)16-26/h3-4,18-19,26H,1-2,5-17H2,(H,24,29)/t18-,19-/m0/s1. The van der Waals surface area contributed by atoms with Crippen LogP contribution in [0.5, 0.6) is 0 Å². The van der Waals surface area contributed by atoms with E-state index >= 15 is 0 Å². The van der Waals surface area contributed by atoms with E-state index in [-0.39, 0.29) is 49.9 Å². The molecule has 2 atom stereocenters. The number of carbonyl (C=O) groups is 3. The van der Waals surface area contributed by atoms with E-state index < -0.39 is 11.5 Å². The Bertz CT molecular complexity index is 627. The van der Waals surface area contributed by atoms with Crippen LogP contribution in [0.1, 0.15) is 64.2 Å². The van der Waals surface area contributed by atoms with Crippen LogP contribution in [0.25, 0.3) is 0 Å². The van der Waals surface area contributed by atoms with Crippen LogP contribution in [0.2, 0.25) is 0 Å². The number of nitrogens with one attached hydrogen (secondary N) is 1. The molecule has 1 heterocycles. The number of esters is 1. The molecule has 2 rings (SSSR count). The SMILES string of the molecule is C=CCCC(=O)OCC1(NC(=O)[C@@H](CC=C)CC(=O)N2CCC[C@H]2CO)CCCC1. The lowest BCUT2D eigenvalue weighted by molar-refractivity contribution is -0.147. The molecule has 0 spiro atoms. The van der Waals surface area contributed by atoms with Gasteiger partial charge in [0.05, 0.1) is 24.1 Å². The molecular weight excluding hydrogens is 384 g/mol. The summed E-state index contributed by atoms with van der Waals surface area (Å²) in [7, 11) is 0. The molecule has 7 nitrogen and oxygen atoms in total. The molecule has 0 aromatic rings. The molecule has 168 valence electrons. The Morgan fingerprint density at radius 1 is 1.20 bits per heavy atom. The number of aliphatic hydroxyl groups is 1. The largest absolute Gasteiger partial charge is 0.463 e. The molecule has 30 heavy (non-hydrogen) atoms. The molecule has 0 aromatic carbocycles. The maximum absolute atomic E-state index is 13.1. The second-order valence-corrected chi connectivity index (χ2v) is 8.46. The lowest BCUT2D eigenvalue weighted by Crippen LogP contribution is -2.52. The molecule has 0 unspecified atom stereocenters. The molecule has 0 radical (unpaired) electrons. The molecular formula is C23H36N2O5. The van der Waals surface area contributed by atoms with Gasteiger partial charge in [0.2, 0.25) is 11.8 Å². The molecule has 7 heteroatoms. The predicted octanol–water partition coefficient (Wildman–Crippen LogP) is 2.49. The summed E-state index contributed by atoms with van der Waals surface area (Å²) < 4.78 is 5.44. The quantitative estimate of drug-likeness (QED) is 0.374. The highest BCUT2D eigenvalue weighted by Crippen LogP contribution is 2.31. The van der Waals surface area contributed by atoms with Crippen LogP contribution in [-0.2, 0) is 19.1 Å². The van der Waals surface area contributed by atoms with Crippen LogP contribution in [-0.4, -0.2) is 59.1 Å². The smallest absolute Gasteiger partial charge is 0.306 e. The number of amides is 2. The lowest BCUT2D eigenvalue weighted by atomic mass is 9.94. The van der Waals surface area contributed by atoms with E-state index in [4.69, 9.17) is 4.74 Å². The molecule has 0 aromatic heterocycles. The lowest BCUT2D eigenvalue weighted by Gasteiger charge is -2.32. The highest BCUT2D eigenvalue weighted by molar-refractivity contribution is 5.86. The van der Waals surface area contributed by atoms with E-state index in [0.717, 1.165) is 38.5 Å². The fourth-order valence-corrected chi connectivity index (χ4v) is 4.40. The first-order valence-electron chi connectivity index (χ1n) is 11.0. The Kier molecular flexibility index (Phi) is 9.56. The van der Waals surface area contributed by atoms with Gasteiger partial charge in [0.25, 0.3) is 0 Å². The topological polar surface area (TPSA) is 95.9 Å². The number of hydrogen-bond acceptors (Lipinski definition) is 5. The van der Waals surface area contributed by atoms with Gasteiger partial charge < -0.3 is 20.1 Å². The van der Waals surface area contributed by atoms with Gasteiger partial charge in [0.1, 0.15) is 6.61 Å². The molecule has 1 aliphatic carbocycles. The zero-order valence-corrected chi connectivity index (χ0v) is 17.9. The second kappa shape index (κ2) is 11.9. The predicted molar refractivity (Wildman–Crippen MR) is 114 cm³/mol. The maximum atomic E-state index is 13.1. The summed E-state index contributed by atoms with van der Waals surface area (Å²) in [6, 6.07) is -0.152. The number of ether oxygens (including phenoxy) is 1. The third kappa shape index (κ3) is 6.69. The molecule has 2 amide bonds. The molecule has 2 N–H and O–H groups in total. The molecule has 2 fully saturated rings. The fraction of sp³-hybridized carbons (Fsp3) is 0.696. The Balaban J connectivity index is 1.98. The summed E-state index contributed by atoms with van der Waals surface area (Å²) in [5.41, 5.74) is -0.565. The summed E-state index contributed by atoms with van der Waals surface area (Å²) in [6.07, 6.45) is 9.74. The Morgan fingerprint density at radius 2 is 1.93 bits per heavy atom. The first-order chi connectivity index (χ1) is 14.4. The number of hydrogen-bond donors (Lipinski definition) is 2. The maximum Gasteiger partial charge on any atom is 0.306 e. The normalized spacial score (nSPS) is 21.1. The van der Waals surface area contributed by atoms with Crippen LogP contribution in [0.15, 0.2) is 25.3 Å². The van der Waals surface area contributed by atoms with Crippen molar-refractivity contribution in [3.63, 3.8) is 0 Å². The fourth-order valence-electron chi connectivity index (χ4n) is 4.40. The molecule has 2 aliphatic rings. The third-order valence-electron chi connectivity index (χ3n) is 6.16. The van der Waals surface area contributed by atoms with Crippen molar-refractivity contribution in [2.75, 3.05) is 19.8 Å². The average Bonchev–Trinajstić information content (AvgIpc) is 3.40. The van der Waals surface area contributed by atoms with E-state index in [1.54, 1.807) is 17.1 Å². The van der Waals surface area contributed by atoms with Gasteiger partial charge in [0, 0.05) is 19.4 Å². The van der Waals surface area contributed by atoms with Crippen molar-refractivity contribution >= 4 is 17.8 Å². The number of nitrogens with zero attached hydrogens (tertiary/aromatic N) is 1. The van der Waals surface area contributed by atoms with E-state index in [9.17, 15) is 19.5 Å². The van der Waals surface area contributed by atoms with Gasteiger partial charge in [-0.2, -0.15) is 0 Å². The van der Waals surface area contributed by atoms with Crippen molar-refractivity contribution in [3.8, 4) is 0 Å². The van der Waals surface area contributed by atoms with E-state index in [0.29, 0.717) is 19.4 Å². The van der Waals surface area contributed by atoms with Gasteiger partial charge in [-0.1, -0.05) is 25.0 Å². The van der Waals surface area contributed by atoms with Gasteiger partial charge in [-0.25, -0.2) is 0 Å². The van der Waals surface area contributed by atoms with Crippen LogP contribution >= 0.6 is 0 Å². The van der Waals surface area contributed by atoms with Crippen LogP contribution in [0.4, 0.5) is 0 Å². The molecule has 1 saturated heterocycles. The highest BCUT2D eigenvalue weighted by atomic mass is 16.5.